The van der Waals surface area contributed by atoms with E-state index in [-0.39, 0.29) is 11.9 Å². The highest BCUT2D eigenvalue weighted by Gasteiger charge is 2.31. The number of aromatic hydroxyl groups is 1. The topological polar surface area (TPSA) is 70.0 Å². The Balaban J connectivity index is 1.54. The fraction of sp³-hybridized carbons (Fsp3) is 0.333. The fourth-order valence-electron chi connectivity index (χ4n) is 3.94. The van der Waals surface area contributed by atoms with Crippen LogP contribution in [0.4, 0.5) is 0 Å². The summed E-state index contributed by atoms with van der Waals surface area (Å²) in [6.45, 7) is 7.25. The molecule has 1 aromatic carbocycles. The molecule has 0 amide bonds. The van der Waals surface area contributed by atoms with Crippen molar-refractivity contribution in [3.8, 4) is 17.5 Å². The molecule has 1 aliphatic heterocycles. The highest BCUT2D eigenvalue weighted by Crippen LogP contribution is 2.40. The van der Waals surface area contributed by atoms with Gasteiger partial charge in [-0.2, -0.15) is 9.50 Å². The van der Waals surface area contributed by atoms with E-state index in [9.17, 15) is 5.11 Å². The Labute approximate surface area is 172 Å². The number of fused-ring (bicyclic) bond motifs is 1. The molecule has 1 saturated heterocycles. The number of furan rings is 1. The third-order valence-corrected chi connectivity index (χ3v) is 6.60. The molecule has 0 spiro atoms. The van der Waals surface area contributed by atoms with E-state index in [0.29, 0.717) is 16.5 Å². The standard InChI is InChI=1S/C21H23N5O2S/c1-2-24-10-12-25(13-11-24)17(15-7-4-3-5-8-15)18-20(27)26-21(29-18)22-19(23-26)16-9-6-14-28-16/h3-9,14,17,27H,2,10-13H2,1H3. The second kappa shape index (κ2) is 7.62. The van der Waals surface area contributed by atoms with Crippen LogP contribution < -0.4 is 0 Å². The Morgan fingerprint density at radius 3 is 2.55 bits per heavy atom. The Morgan fingerprint density at radius 2 is 1.90 bits per heavy atom. The maximum atomic E-state index is 11.1. The number of hydrogen-bond donors (Lipinski definition) is 1. The monoisotopic (exact) mass is 409 g/mol. The van der Waals surface area contributed by atoms with E-state index in [4.69, 9.17) is 4.42 Å². The molecule has 5 rings (SSSR count). The molecule has 1 N–H and O–H groups in total. The summed E-state index contributed by atoms with van der Waals surface area (Å²) in [6.07, 6.45) is 1.59. The van der Waals surface area contributed by atoms with Gasteiger partial charge >= 0.3 is 0 Å². The van der Waals surface area contributed by atoms with Crippen LogP contribution >= 0.6 is 11.3 Å². The average Bonchev–Trinajstić information content (AvgIpc) is 3.49. The van der Waals surface area contributed by atoms with E-state index in [1.54, 1.807) is 12.3 Å². The van der Waals surface area contributed by atoms with Crippen molar-refractivity contribution in [2.45, 2.75) is 13.0 Å². The lowest BCUT2D eigenvalue weighted by Crippen LogP contribution is -2.47. The van der Waals surface area contributed by atoms with Gasteiger partial charge in [-0.3, -0.25) is 4.90 Å². The number of rotatable bonds is 5. The minimum Gasteiger partial charge on any atom is -0.492 e. The molecule has 4 heterocycles. The van der Waals surface area contributed by atoms with Crippen LogP contribution in [0.25, 0.3) is 16.5 Å². The van der Waals surface area contributed by atoms with Gasteiger partial charge in [-0.15, -0.1) is 5.10 Å². The van der Waals surface area contributed by atoms with E-state index in [1.807, 2.05) is 24.3 Å². The molecular weight excluding hydrogens is 386 g/mol. The van der Waals surface area contributed by atoms with Crippen LogP contribution in [0.15, 0.2) is 53.1 Å². The summed E-state index contributed by atoms with van der Waals surface area (Å²) in [5.74, 6) is 1.23. The molecule has 1 fully saturated rings. The molecule has 3 aromatic heterocycles. The van der Waals surface area contributed by atoms with Gasteiger partial charge in [0.05, 0.1) is 17.2 Å². The van der Waals surface area contributed by atoms with E-state index in [1.165, 1.54) is 21.4 Å². The summed E-state index contributed by atoms with van der Waals surface area (Å²) in [5, 5.41) is 15.5. The van der Waals surface area contributed by atoms with Crippen LogP contribution in [-0.2, 0) is 0 Å². The van der Waals surface area contributed by atoms with Crippen molar-refractivity contribution in [3.63, 3.8) is 0 Å². The number of likely N-dealkylation sites (N-methyl/N-ethyl adjacent to an activating group) is 1. The second-order valence-corrected chi connectivity index (χ2v) is 8.19. The van der Waals surface area contributed by atoms with Crippen LogP contribution in [-0.4, -0.2) is 62.2 Å². The molecule has 1 atom stereocenters. The lowest BCUT2D eigenvalue weighted by atomic mass is 10.0. The lowest BCUT2D eigenvalue weighted by Gasteiger charge is -2.38. The Kier molecular flexibility index (Phi) is 4.83. The molecule has 1 unspecified atom stereocenters. The molecule has 4 aromatic rings. The molecule has 0 radical (unpaired) electrons. The normalized spacial score (nSPS) is 17.1. The fourth-order valence-corrected chi connectivity index (χ4v) is 5.06. The maximum absolute atomic E-state index is 11.1. The van der Waals surface area contributed by atoms with Crippen molar-refractivity contribution in [1.29, 1.82) is 0 Å². The summed E-state index contributed by atoms with van der Waals surface area (Å²) < 4.78 is 6.92. The number of aromatic nitrogens is 3. The van der Waals surface area contributed by atoms with Gasteiger partial charge in [-0.1, -0.05) is 48.6 Å². The number of thiazole rings is 1. The number of nitrogens with zero attached hydrogens (tertiary/aromatic N) is 5. The predicted molar refractivity (Wildman–Crippen MR) is 112 cm³/mol. The van der Waals surface area contributed by atoms with Gasteiger partial charge in [-0.05, 0) is 24.2 Å². The van der Waals surface area contributed by atoms with Gasteiger partial charge in [0.15, 0.2) is 5.76 Å². The summed E-state index contributed by atoms with van der Waals surface area (Å²) in [7, 11) is 0. The molecule has 0 bridgehead atoms. The third-order valence-electron chi connectivity index (χ3n) is 5.52. The van der Waals surface area contributed by atoms with Gasteiger partial charge in [0.2, 0.25) is 16.7 Å². The van der Waals surface area contributed by atoms with Crippen LogP contribution in [0, 0.1) is 0 Å². The molecule has 1 aliphatic rings. The molecular formula is C21H23N5O2S. The van der Waals surface area contributed by atoms with Crippen molar-refractivity contribution >= 4 is 16.3 Å². The molecule has 7 nitrogen and oxygen atoms in total. The Morgan fingerprint density at radius 1 is 1.10 bits per heavy atom. The summed E-state index contributed by atoms with van der Waals surface area (Å²) >= 11 is 1.49. The van der Waals surface area contributed by atoms with Crippen LogP contribution in [0.5, 0.6) is 5.88 Å². The first-order valence-electron chi connectivity index (χ1n) is 9.88. The van der Waals surface area contributed by atoms with E-state index >= 15 is 0 Å². The molecule has 8 heteroatoms. The highest BCUT2D eigenvalue weighted by molar-refractivity contribution is 7.17. The third kappa shape index (κ3) is 3.33. The van der Waals surface area contributed by atoms with Crippen LogP contribution in [0.1, 0.15) is 23.4 Å². The first kappa shape index (κ1) is 18.4. The predicted octanol–water partition coefficient (Wildman–Crippen LogP) is 3.48. The minimum absolute atomic E-state index is 0.0178. The summed E-state index contributed by atoms with van der Waals surface area (Å²) in [6, 6.07) is 14.0. The van der Waals surface area contributed by atoms with Gasteiger partial charge in [0.1, 0.15) is 0 Å². The van der Waals surface area contributed by atoms with Crippen molar-refractivity contribution in [2.24, 2.45) is 0 Å². The Bertz CT molecular complexity index is 1080. The second-order valence-electron chi connectivity index (χ2n) is 7.18. The van der Waals surface area contributed by atoms with Crippen molar-refractivity contribution < 1.29 is 9.52 Å². The number of hydrogen-bond acceptors (Lipinski definition) is 7. The van der Waals surface area contributed by atoms with Crippen molar-refractivity contribution in [3.05, 3.63) is 59.2 Å². The quantitative estimate of drug-likeness (QED) is 0.544. The van der Waals surface area contributed by atoms with Gasteiger partial charge in [0.25, 0.3) is 0 Å². The zero-order valence-corrected chi connectivity index (χ0v) is 17.0. The lowest BCUT2D eigenvalue weighted by molar-refractivity contribution is 0.113. The minimum atomic E-state index is -0.0178. The zero-order valence-electron chi connectivity index (χ0n) is 16.2. The molecule has 150 valence electrons. The SMILES string of the molecule is CCN1CCN(C(c2ccccc2)c2sc3nc(-c4ccco4)nn3c2O)CC1. The van der Waals surface area contributed by atoms with Gasteiger partial charge in [-0.25, -0.2) is 0 Å². The summed E-state index contributed by atoms with van der Waals surface area (Å²) in [4.78, 5) is 11.0. The van der Waals surface area contributed by atoms with Crippen molar-refractivity contribution in [1.82, 2.24) is 24.4 Å². The summed E-state index contributed by atoms with van der Waals surface area (Å²) in [5.41, 5.74) is 1.17. The van der Waals surface area contributed by atoms with Crippen LogP contribution in [0.3, 0.4) is 0 Å². The average molecular weight is 410 g/mol. The largest absolute Gasteiger partial charge is 0.492 e. The first-order valence-corrected chi connectivity index (χ1v) is 10.7. The zero-order chi connectivity index (χ0) is 19.8. The highest BCUT2D eigenvalue weighted by atomic mass is 32.1. The molecule has 0 saturated carbocycles. The van der Waals surface area contributed by atoms with Gasteiger partial charge in [0, 0.05) is 26.2 Å². The number of piperazine rings is 1. The molecule has 29 heavy (non-hydrogen) atoms. The maximum Gasteiger partial charge on any atom is 0.230 e. The number of benzene rings is 1. The van der Waals surface area contributed by atoms with Crippen molar-refractivity contribution in [2.75, 3.05) is 32.7 Å². The Hall–Kier alpha value is -2.68. The van der Waals surface area contributed by atoms with E-state index in [0.717, 1.165) is 37.6 Å². The first-order chi connectivity index (χ1) is 14.2. The van der Waals surface area contributed by atoms with Gasteiger partial charge < -0.3 is 14.4 Å². The van der Waals surface area contributed by atoms with E-state index in [2.05, 4.69) is 38.9 Å². The van der Waals surface area contributed by atoms with E-state index < -0.39 is 0 Å². The molecule has 0 aliphatic carbocycles. The van der Waals surface area contributed by atoms with Crippen LogP contribution in [0.2, 0.25) is 0 Å². The smallest absolute Gasteiger partial charge is 0.230 e.